The molecular formula is C22H27N5O3S. The predicted octanol–water partition coefficient (Wildman–Crippen LogP) is 2.37. The van der Waals surface area contributed by atoms with Gasteiger partial charge in [0.05, 0.1) is 11.4 Å². The van der Waals surface area contributed by atoms with E-state index < -0.39 is 10.0 Å². The largest absolute Gasteiger partial charge is 0.349 e. The lowest BCUT2D eigenvalue weighted by molar-refractivity contribution is -0.126. The van der Waals surface area contributed by atoms with Crippen LogP contribution >= 0.6 is 0 Å². The fourth-order valence-electron chi connectivity index (χ4n) is 4.38. The van der Waals surface area contributed by atoms with Gasteiger partial charge in [-0.1, -0.05) is 23.8 Å². The van der Waals surface area contributed by atoms with Crippen molar-refractivity contribution in [2.45, 2.75) is 45.1 Å². The number of pyridine rings is 1. The zero-order chi connectivity index (χ0) is 22.2. The van der Waals surface area contributed by atoms with Crippen LogP contribution in [-0.4, -0.2) is 46.3 Å². The molecule has 3 aromatic rings. The molecule has 31 heavy (non-hydrogen) atoms. The standard InChI is InChI=1S/C22H27N5O3S/c1-15-12-16(2)21(17(3)13-15)31(29,30)26-10-7-18(8-11-26)22(28)23-14-20-25-24-19-6-4-5-9-27(19)20/h4-6,9,12-13,18H,7-8,10-11,14H2,1-3H3,(H,23,28). The summed E-state index contributed by atoms with van der Waals surface area (Å²) in [6.07, 6.45) is 2.85. The minimum Gasteiger partial charge on any atom is -0.349 e. The number of benzene rings is 1. The summed E-state index contributed by atoms with van der Waals surface area (Å²) in [5.74, 6) is 0.368. The van der Waals surface area contributed by atoms with Crippen LogP contribution in [0.2, 0.25) is 0 Å². The first-order chi connectivity index (χ1) is 14.8. The highest BCUT2D eigenvalue weighted by atomic mass is 32.2. The monoisotopic (exact) mass is 441 g/mol. The van der Waals surface area contributed by atoms with Gasteiger partial charge < -0.3 is 5.32 Å². The summed E-state index contributed by atoms with van der Waals surface area (Å²) in [6.45, 7) is 6.58. The quantitative estimate of drug-likeness (QED) is 0.656. The Balaban J connectivity index is 1.38. The third kappa shape index (κ3) is 4.20. The van der Waals surface area contributed by atoms with Crippen LogP contribution in [0.3, 0.4) is 0 Å². The lowest BCUT2D eigenvalue weighted by Crippen LogP contribution is -2.43. The van der Waals surface area contributed by atoms with Crippen molar-refractivity contribution in [3.05, 3.63) is 59.0 Å². The predicted molar refractivity (Wildman–Crippen MR) is 117 cm³/mol. The molecule has 0 saturated carbocycles. The Labute approximate surface area is 182 Å². The van der Waals surface area contributed by atoms with Gasteiger partial charge in [0.25, 0.3) is 0 Å². The maximum Gasteiger partial charge on any atom is 0.243 e. The number of rotatable bonds is 5. The molecule has 4 rings (SSSR count). The third-order valence-electron chi connectivity index (χ3n) is 5.83. The number of hydrogen-bond donors (Lipinski definition) is 1. The number of amides is 1. The maximum atomic E-state index is 13.2. The van der Waals surface area contributed by atoms with E-state index in [2.05, 4.69) is 15.5 Å². The van der Waals surface area contributed by atoms with Crippen LogP contribution in [0.5, 0.6) is 0 Å². The smallest absolute Gasteiger partial charge is 0.243 e. The van der Waals surface area contributed by atoms with Crippen molar-refractivity contribution in [2.75, 3.05) is 13.1 Å². The average Bonchev–Trinajstić information content (AvgIpc) is 3.14. The van der Waals surface area contributed by atoms with Crippen molar-refractivity contribution < 1.29 is 13.2 Å². The first kappa shape index (κ1) is 21.5. The number of aryl methyl sites for hydroxylation is 3. The Morgan fingerprint density at radius 3 is 2.45 bits per heavy atom. The lowest BCUT2D eigenvalue weighted by Gasteiger charge is -2.31. The minimum absolute atomic E-state index is 0.0765. The van der Waals surface area contributed by atoms with Crippen LogP contribution in [0.15, 0.2) is 41.4 Å². The Morgan fingerprint density at radius 2 is 1.77 bits per heavy atom. The maximum absolute atomic E-state index is 13.2. The topological polar surface area (TPSA) is 96.7 Å². The summed E-state index contributed by atoms with van der Waals surface area (Å²) < 4.78 is 29.8. The molecule has 0 spiro atoms. The molecule has 1 amide bonds. The van der Waals surface area contributed by atoms with Crippen LogP contribution in [0.1, 0.15) is 35.4 Å². The van der Waals surface area contributed by atoms with Gasteiger partial charge in [-0.2, -0.15) is 4.31 Å². The molecule has 1 aromatic carbocycles. The zero-order valence-corrected chi connectivity index (χ0v) is 18.8. The van der Waals surface area contributed by atoms with Gasteiger partial charge in [-0.15, -0.1) is 10.2 Å². The molecule has 1 saturated heterocycles. The summed E-state index contributed by atoms with van der Waals surface area (Å²) in [7, 11) is -3.58. The highest BCUT2D eigenvalue weighted by Crippen LogP contribution is 2.28. The van der Waals surface area contributed by atoms with Gasteiger partial charge in [-0.05, 0) is 56.9 Å². The van der Waals surface area contributed by atoms with E-state index in [-0.39, 0.29) is 18.4 Å². The summed E-state index contributed by atoms with van der Waals surface area (Å²) in [5, 5.41) is 11.1. The van der Waals surface area contributed by atoms with Crippen molar-refractivity contribution in [2.24, 2.45) is 5.92 Å². The number of aromatic nitrogens is 3. The molecule has 8 nitrogen and oxygen atoms in total. The van der Waals surface area contributed by atoms with Gasteiger partial charge in [0.1, 0.15) is 0 Å². The van der Waals surface area contributed by atoms with E-state index in [1.165, 1.54) is 4.31 Å². The number of piperidine rings is 1. The molecule has 164 valence electrons. The van der Waals surface area contributed by atoms with E-state index in [4.69, 9.17) is 0 Å². The van der Waals surface area contributed by atoms with Crippen molar-refractivity contribution in [3.8, 4) is 0 Å². The fourth-order valence-corrected chi connectivity index (χ4v) is 6.26. The Morgan fingerprint density at radius 1 is 1.10 bits per heavy atom. The van der Waals surface area contributed by atoms with Crippen molar-refractivity contribution in [1.82, 2.24) is 24.2 Å². The van der Waals surface area contributed by atoms with E-state index in [0.29, 0.717) is 36.7 Å². The number of nitrogens with zero attached hydrogens (tertiary/aromatic N) is 4. The SMILES string of the molecule is Cc1cc(C)c(S(=O)(=O)N2CCC(C(=O)NCc3nnc4ccccn34)CC2)c(C)c1. The molecule has 1 N–H and O–H groups in total. The molecule has 2 aromatic heterocycles. The molecule has 0 radical (unpaired) electrons. The number of carbonyl (C=O) groups is 1. The van der Waals surface area contributed by atoms with Crippen LogP contribution in [-0.2, 0) is 21.4 Å². The molecule has 1 fully saturated rings. The van der Waals surface area contributed by atoms with E-state index in [9.17, 15) is 13.2 Å². The van der Waals surface area contributed by atoms with Crippen LogP contribution in [0.25, 0.3) is 5.65 Å². The molecule has 1 aliphatic rings. The van der Waals surface area contributed by atoms with Crippen molar-refractivity contribution in [1.29, 1.82) is 0 Å². The number of hydrogen-bond acceptors (Lipinski definition) is 5. The van der Waals surface area contributed by atoms with Crippen molar-refractivity contribution >= 4 is 21.6 Å². The zero-order valence-electron chi connectivity index (χ0n) is 18.0. The number of fused-ring (bicyclic) bond motifs is 1. The second-order valence-electron chi connectivity index (χ2n) is 8.17. The second kappa shape index (κ2) is 8.39. The van der Waals surface area contributed by atoms with Crippen LogP contribution in [0.4, 0.5) is 0 Å². The Hall–Kier alpha value is -2.78. The number of nitrogens with one attached hydrogen (secondary N) is 1. The van der Waals surface area contributed by atoms with Crippen LogP contribution in [0, 0.1) is 26.7 Å². The first-order valence-electron chi connectivity index (χ1n) is 10.4. The summed E-state index contributed by atoms with van der Waals surface area (Å²) in [4.78, 5) is 13.1. The fraction of sp³-hybridized carbons (Fsp3) is 0.409. The van der Waals surface area contributed by atoms with Gasteiger partial charge in [0.15, 0.2) is 11.5 Å². The molecule has 0 atom stereocenters. The van der Waals surface area contributed by atoms with E-state index in [0.717, 1.165) is 22.3 Å². The van der Waals surface area contributed by atoms with E-state index in [1.807, 2.05) is 61.7 Å². The molecule has 0 aliphatic carbocycles. The molecular weight excluding hydrogens is 414 g/mol. The molecule has 1 aliphatic heterocycles. The summed E-state index contributed by atoms with van der Waals surface area (Å²) in [5.41, 5.74) is 3.30. The normalized spacial score (nSPS) is 16.0. The molecule has 0 unspecified atom stereocenters. The second-order valence-corrected chi connectivity index (χ2v) is 10.0. The van der Waals surface area contributed by atoms with Crippen LogP contribution < -0.4 is 5.32 Å². The number of sulfonamides is 1. The summed E-state index contributed by atoms with van der Waals surface area (Å²) >= 11 is 0. The summed E-state index contributed by atoms with van der Waals surface area (Å²) in [6, 6.07) is 9.41. The Kier molecular flexibility index (Phi) is 5.81. The lowest BCUT2D eigenvalue weighted by atomic mass is 9.97. The Bertz CT molecular complexity index is 1200. The third-order valence-corrected chi connectivity index (χ3v) is 8.04. The van der Waals surface area contributed by atoms with Gasteiger partial charge in [-0.25, -0.2) is 8.42 Å². The number of carbonyl (C=O) groups excluding carboxylic acids is 1. The van der Waals surface area contributed by atoms with E-state index >= 15 is 0 Å². The molecule has 0 bridgehead atoms. The van der Waals surface area contributed by atoms with Gasteiger partial charge >= 0.3 is 0 Å². The average molecular weight is 442 g/mol. The first-order valence-corrected chi connectivity index (χ1v) is 11.9. The van der Waals surface area contributed by atoms with Crippen molar-refractivity contribution in [3.63, 3.8) is 0 Å². The highest BCUT2D eigenvalue weighted by Gasteiger charge is 2.33. The minimum atomic E-state index is -3.58. The molecule has 3 heterocycles. The van der Waals surface area contributed by atoms with Gasteiger partial charge in [-0.3, -0.25) is 9.20 Å². The van der Waals surface area contributed by atoms with Gasteiger partial charge in [0, 0.05) is 25.2 Å². The van der Waals surface area contributed by atoms with Gasteiger partial charge in [0.2, 0.25) is 15.9 Å². The molecule has 9 heteroatoms. The van der Waals surface area contributed by atoms with E-state index in [1.54, 1.807) is 0 Å². The highest BCUT2D eigenvalue weighted by molar-refractivity contribution is 7.89.